The molecule has 4 nitrogen and oxygen atoms in total. The highest BCUT2D eigenvalue weighted by Gasteiger charge is 2.17. The minimum atomic E-state index is -0.855. The van der Waals surface area contributed by atoms with Gasteiger partial charge < -0.3 is 10.2 Å². The maximum absolute atomic E-state index is 9.16. The summed E-state index contributed by atoms with van der Waals surface area (Å²) in [5.41, 5.74) is 0. The van der Waals surface area contributed by atoms with Gasteiger partial charge in [0.2, 0.25) is 0 Å². The van der Waals surface area contributed by atoms with E-state index < -0.39 is 12.2 Å². The standard InChI is InChI=1S/C8H19NO3/c1-2-3-4-5-8(12-9)7(11)6-10/h7-8,10-11H,2-6,9H2,1H3. The van der Waals surface area contributed by atoms with Gasteiger partial charge in [-0.15, -0.1) is 0 Å². The first-order valence-electron chi connectivity index (χ1n) is 4.40. The number of unbranched alkanes of at least 4 members (excludes halogenated alkanes) is 2. The van der Waals surface area contributed by atoms with Crippen LogP contribution in [0.15, 0.2) is 0 Å². The van der Waals surface area contributed by atoms with Crippen LogP contribution in [0.4, 0.5) is 0 Å². The van der Waals surface area contributed by atoms with E-state index in [0.717, 1.165) is 19.3 Å². The van der Waals surface area contributed by atoms with E-state index in [4.69, 9.17) is 16.1 Å². The molecule has 0 radical (unpaired) electrons. The van der Waals surface area contributed by atoms with Gasteiger partial charge in [-0.05, 0) is 6.42 Å². The Bertz CT molecular complexity index is 100. The molecule has 0 rings (SSSR count). The number of aliphatic hydroxyl groups is 2. The zero-order valence-corrected chi connectivity index (χ0v) is 7.57. The summed E-state index contributed by atoms with van der Waals surface area (Å²) in [7, 11) is 0. The van der Waals surface area contributed by atoms with Crippen molar-refractivity contribution < 1.29 is 15.1 Å². The maximum Gasteiger partial charge on any atom is 0.107 e. The predicted molar refractivity (Wildman–Crippen MR) is 46.3 cm³/mol. The Morgan fingerprint density at radius 3 is 2.50 bits per heavy atom. The highest BCUT2D eigenvalue weighted by atomic mass is 16.6. The van der Waals surface area contributed by atoms with Crippen molar-refractivity contribution in [2.24, 2.45) is 5.90 Å². The smallest absolute Gasteiger partial charge is 0.107 e. The topological polar surface area (TPSA) is 75.7 Å². The lowest BCUT2D eigenvalue weighted by Gasteiger charge is -2.18. The highest BCUT2D eigenvalue weighted by molar-refractivity contribution is 4.66. The lowest BCUT2D eigenvalue weighted by molar-refractivity contribution is -0.0636. The van der Waals surface area contributed by atoms with Gasteiger partial charge in [0.05, 0.1) is 6.61 Å². The van der Waals surface area contributed by atoms with Gasteiger partial charge in [-0.3, -0.25) is 4.84 Å². The third-order valence-corrected chi connectivity index (χ3v) is 1.88. The van der Waals surface area contributed by atoms with Crippen molar-refractivity contribution in [3.05, 3.63) is 0 Å². The molecular weight excluding hydrogens is 158 g/mol. The van der Waals surface area contributed by atoms with Crippen LogP contribution in [0.2, 0.25) is 0 Å². The molecule has 12 heavy (non-hydrogen) atoms. The fourth-order valence-corrected chi connectivity index (χ4v) is 1.06. The van der Waals surface area contributed by atoms with Crippen LogP contribution in [0, 0.1) is 0 Å². The molecule has 0 aliphatic carbocycles. The molecule has 0 heterocycles. The van der Waals surface area contributed by atoms with Crippen LogP contribution in [-0.2, 0) is 4.84 Å². The third-order valence-electron chi connectivity index (χ3n) is 1.88. The van der Waals surface area contributed by atoms with Crippen LogP contribution in [0.1, 0.15) is 32.6 Å². The van der Waals surface area contributed by atoms with Gasteiger partial charge in [-0.1, -0.05) is 26.2 Å². The molecule has 2 atom stereocenters. The van der Waals surface area contributed by atoms with Gasteiger partial charge in [-0.25, -0.2) is 5.90 Å². The van der Waals surface area contributed by atoms with Crippen LogP contribution >= 0.6 is 0 Å². The summed E-state index contributed by atoms with van der Waals surface area (Å²) < 4.78 is 0. The Labute approximate surface area is 73.3 Å². The van der Waals surface area contributed by atoms with E-state index in [-0.39, 0.29) is 6.61 Å². The fourth-order valence-electron chi connectivity index (χ4n) is 1.06. The van der Waals surface area contributed by atoms with Crippen LogP contribution < -0.4 is 5.90 Å². The summed E-state index contributed by atoms with van der Waals surface area (Å²) in [5, 5.41) is 17.8. The molecule has 0 saturated carbocycles. The monoisotopic (exact) mass is 177 g/mol. The lowest BCUT2D eigenvalue weighted by Crippen LogP contribution is -2.34. The Hall–Kier alpha value is -0.160. The summed E-state index contributed by atoms with van der Waals surface area (Å²) in [5.74, 6) is 4.96. The van der Waals surface area contributed by atoms with Gasteiger partial charge >= 0.3 is 0 Å². The van der Waals surface area contributed by atoms with Gasteiger partial charge in [0.15, 0.2) is 0 Å². The molecule has 0 spiro atoms. The molecule has 0 amide bonds. The van der Waals surface area contributed by atoms with Gasteiger partial charge in [-0.2, -0.15) is 0 Å². The fraction of sp³-hybridized carbons (Fsp3) is 1.00. The molecule has 0 aliphatic heterocycles. The second kappa shape index (κ2) is 7.49. The van der Waals surface area contributed by atoms with Crippen LogP contribution in [-0.4, -0.2) is 29.0 Å². The van der Waals surface area contributed by atoms with E-state index in [1.165, 1.54) is 0 Å². The minimum Gasteiger partial charge on any atom is -0.394 e. The van der Waals surface area contributed by atoms with Crippen molar-refractivity contribution in [3.63, 3.8) is 0 Å². The van der Waals surface area contributed by atoms with E-state index in [9.17, 15) is 0 Å². The molecule has 4 heteroatoms. The molecule has 0 fully saturated rings. The number of hydrogen-bond donors (Lipinski definition) is 3. The van der Waals surface area contributed by atoms with Gasteiger partial charge in [0, 0.05) is 0 Å². The van der Waals surface area contributed by atoms with Crippen molar-refractivity contribution >= 4 is 0 Å². The second-order valence-corrected chi connectivity index (χ2v) is 2.92. The van der Waals surface area contributed by atoms with Crippen LogP contribution in [0.25, 0.3) is 0 Å². The van der Waals surface area contributed by atoms with E-state index >= 15 is 0 Å². The molecule has 0 bridgehead atoms. The minimum absolute atomic E-state index is 0.298. The molecule has 0 aromatic rings. The summed E-state index contributed by atoms with van der Waals surface area (Å²) in [4.78, 5) is 4.54. The molecule has 2 unspecified atom stereocenters. The van der Waals surface area contributed by atoms with E-state index in [0.29, 0.717) is 6.42 Å². The Balaban J connectivity index is 3.52. The van der Waals surface area contributed by atoms with Crippen LogP contribution in [0.5, 0.6) is 0 Å². The normalized spacial score (nSPS) is 16.0. The van der Waals surface area contributed by atoms with Crippen molar-refractivity contribution in [2.75, 3.05) is 6.61 Å². The summed E-state index contributed by atoms with van der Waals surface area (Å²) in [6, 6.07) is 0. The average molecular weight is 177 g/mol. The molecule has 4 N–H and O–H groups in total. The molecule has 0 saturated heterocycles. The summed E-state index contributed by atoms with van der Waals surface area (Å²) >= 11 is 0. The van der Waals surface area contributed by atoms with E-state index in [1.807, 2.05) is 0 Å². The molecular formula is C8H19NO3. The number of rotatable bonds is 7. The first-order valence-corrected chi connectivity index (χ1v) is 4.40. The van der Waals surface area contributed by atoms with Crippen molar-refractivity contribution in [1.29, 1.82) is 0 Å². The first-order chi connectivity index (χ1) is 5.76. The van der Waals surface area contributed by atoms with Crippen molar-refractivity contribution in [1.82, 2.24) is 0 Å². The summed E-state index contributed by atoms with van der Waals surface area (Å²) in [6.07, 6.45) is 2.60. The predicted octanol–water partition coefficient (Wildman–Crippen LogP) is 0.179. The van der Waals surface area contributed by atoms with Gasteiger partial charge in [0.25, 0.3) is 0 Å². The largest absolute Gasteiger partial charge is 0.394 e. The van der Waals surface area contributed by atoms with E-state index in [1.54, 1.807) is 0 Å². The summed E-state index contributed by atoms with van der Waals surface area (Å²) in [6.45, 7) is 1.80. The zero-order valence-electron chi connectivity index (χ0n) is 7.57. The lowest BCUT2D eigenvalue weighted by atomic mass is 10.1. The van der Waals surface area contributed by atoms with Gasteiger partial charge in [0.1, 0.15) is 12.2 Å². The number of nitrogens with two attached hydrogens (primary N) is 1. The highest BCUT2D eigenvalue weighted by Crippen LogP contribution is 2.08. The number of hydrogen-bond acceptors (Lipinski definition) is 4. The van der Waals surface area contributed by atoms with Crippen molar-refractivity contribution in [3.8, 4) is 0 Å². The number of aliphatic hydroxyl groups excluding tert-OH is 2. The zero-order chi connectivity index (χ0) is 9.40. The third kappa shape index (κ3) is 4.66. The Morgan fingerprint density at radius 1 is 1.42 bits per heavy atom. The van der Waals surface area contributed by atoms with E-state index in [2.05, 4.69) is 11.8 Å². The molecule has 0 aromatic heterocycles. The SMILES string of the molecule is CCCCCC(ON)C(O)CO. The Morgan fingerprint density at radius 2 is 2.08 bits per heavy atom. The average Bonchev–Trinajstić information content (AvgIpc) is 2.11. The van der Waals surface area contributed by atoms with Crippen molar-refractivity contribution in [2.45, 2.75) is 44.8 Å². The molecule has 0 aromatic carbocycles. The second-order valence-electron chi connectivity index (χ2n) is 2.92. The quantitative estimate of drug-likeness (QED) is 0.383. The maximum atomic E-state index is 9.16. The Kier molecular flexibility index (Phi) is 7.39. The molecule has 74 valence electrons. The molecule has 0 aliphatic rings. The van der Waals surface area contributed by atoms with Crippen LogP contribution in [0.3, 0.4) is 0 Å². The first kappa shape index (κ1) is 11.8.